The van der Waals surface area contributed by atoms with Crippen molar-refractivity contribution in [2.24, 2.45) is 5.92 Å². The van der Waals surface area contributed by atoms with Gasteiger partial charge in [0.2, 0.25) is 0 Å². The Bertz CT molecular complexity index is 455. The van der Waals surface area contributed by atoms with Crippen molar-refractivity contribution in [3.8, 4) is 0 Å². The van der Waals surface area contributed by atoms with E-state index in [4.69, 9.17) is 0 Å². The first kappa shape index (κ1) is 12.1. The van der Waals surface area contributed by atoms with Crippen molar-refractivity contribution >= 4 is 33.9 Å². The first-order chi connectivity index (χ1) is 8.15. The van der Waals surface area contributed by atoms with Gasteiger partial charge in [0.05, 0.1) is 12.7 Å². The molecule has 0 N–H and O–H groups in total. The zero-order chi connectivity index (χ0) is 12.4. The Morgan fingerprint density at radius 2 is 2.24 bits per heavy atom. The summed E-state index contributed by atoms with van der Waals surface area (Å²) in [6.45, 7) is 1.49. The average molecular weight is 298 g/mol. The highest BCUT2D eigenvalue weighted by atomic mass is 79.9. The molecule has 0 saturated carbocycles. The second-order valence-corrected chi connectivity index (χ2v) is 4.81. The summed E-state index contributed by atoms with van der Waals surface area (Å²) in [5.41, 5.74) is 1.51. The standard InChI is InChI=1S/C12H12BrNO3/c1-17-12(16)10-3-2-9(4-11(10)13)14-5-8(6-14)7-15/h2-4,7-8H,5-6H2,1H3. The molecule has 1 saturated heterocycles. The lowest BCUT2D eigenvalue weighted by Crippen LogP contribution is -2.47. The van der Waals surface area contributed by atoms with Crippen LogP contribution in [0.4, 0.5) is 5.69 Å². The van der Waals surface area contributed by atoms with Crippen LogP contribution < -0.4 is 4.90 Å². The van der Waals surface area contributed by atoms with Crippen LogP contribution in [-0.2, 0) is 9.53 Å². The van der Waals surface area contributed by atoms with Gasteiger partial charge in [0.1, 0.15) is 6.29 Å². The molecule has 4 nitrogen and oxygen atoms in total. The number of aldehydes is 1. The Balaban J connectivity index is 2.15. The van der Waals surface area contributed by atoms with Crippen molar-refractivity contribution in [2.75, 3.05) is 25.1 Å². The van der Waals surface area contributed by atoms with E-state index in [1.807, 2.05) is 12.1 Å². The molecule has 5 heteroatoms. The van der Waals surface area contributed by atoms with Crippen molar-refractivity contribution in [2.45, 2.75) is 0 Å². The molecule has 1 aromatic carbocycles. The highest BCUT2D eigenvalue weighted by Gasteiger charge is 2.26. The predicted octanol–water partition coefficient (Wildman–Crippen LogP) is 1.87. The Hall–Kier alpha value is -1.36. The summed E-state index contributed by atoms with van der Waals surface area (Å²) < 4.78 is 5.37. The van der Waals surface area contributed by atoms with Gasteiger partial charge < -0.3 is 14.4 Å². The Kier molecular flexibility index (Phi) is 3.47. The molecular weight excluding hydrogens is 286 g/mol. The summed E-state index contributed by atoms with van der Waals surface area (Å²) >= 11 is 3.35. The Morgan fingerprint density at radius 1 is 1.53 bits per heavy atom. The summed E-state index contributed by atoms with van der Waals surface area (Å²) in [5.74, 6) is -0.230. The Labute approximate surface area is 108 Å². The number of carbonyl (C=O) groups is 2. The van der Waals surface area contributed by atoms with Crippen LogP contribution in [0.15, 0.2) is 22.7 Å². The fourth-order valence-electron chi connectivity index (χ4n) is 1.79. The number of nitrogens with zero attached hydrogens (tertiary/aromatic N) is 1. The van der Waals surface area contributed by atoms with Crippen LogP contribution in [0.3, 0.4) is 0 Å². The zero-order valence-electron chi connectivity index (χ0n) is 9.35. The van der Waals surface area contributed by atoms with Gasteiger partial charge in [0, 0.05) is 29.2 Å². The monoisotopic (exact) mass is 297 g/mol. The maximum atomic E-state index is 11.4. The zero-order valence-corrected chi connectivity index (χ0v) is 10.9. The fourth-order valence-corrected chi connectivity index (χ4v) is 2.31. The van der Waals surface area contributed by atoms with Crippen LogP contribution in [0.25, 0.3) is 0 Å². The number of hydrogen-bond acceptors (Lipinski definition) is 4. The van der Waals surface area contributed by atoms with Gasteiger partial charge >= 0.3 is 5.97 Å². The number of anilines is 1. The lowest BCUT2D eigenvalue weighted by molar-refractivity contribution is -0.111. The summed E-state index contributed by atoms with van der Waals surface area (Å²) in [7, 11) is 1.35. The molecule has 0 aliphatic carbocycles. The van der Waals surface area contributed by atoms with E-state index in [-0.39, 0.29) is 11.9 Å². The number of halogens is 1. The quantitative estimate of drug-likeness (QED) is 0.631. The Morgan fingerprint density at radius 3 is 2.76 bits per heavy atom. The lowest BCUT2D eigenvalue weighted by atomic mass is 10.0. The number of hydrogen-bond donors (Lipinski definition) is 0. The normalized spacial score (nSPS) is 15.3. The smallest absolute Gasteiger partial charge is 0.339 e. The van der Waals surface area contributed by atoms with E-state index in [1.165, 1.54) is 7.11 Å². The van der Waals surface area contributed by atoms with E-state index in [0.717, 1.165) is 25.1 Å². The van der Waals surface area contributed by atoms with Crippen LogP contribution in [0.1, 0.15) is 10.4 Å². The van der Waals surface area contributed by atoms with Crippen LogP contribution in [0.2, 0.25) is 0 Å². The molecular formula is C12H12BrNO3. The molecule has 1 heterocycles. The van der Waals surface area contributed by atoms with Gasteiger partial charge in [-0.1, -0.05) is 0 Å². The van der Waals surface area contributed by atoms with Gasteiger partial charge in [-0.05, 0) is 34.1 Å². The molecule has 2 rings (SSSR count). The summed E-state index contributed by atoms with van der Waals surface area (Å²) in [6.07, 6.45) is 0.981. The number of ether oxygens (including phenoxy) is 1. The van der Waals surface area contributed by atoms with Crippen LogP contribution in [0.5, 0.6) is 0 Å². The van der Waals surface area contributed by atoms with Gasteiger partial charge in [-0.2, -0.15) is 0 Å². The van der Waals surface area contributed by atoms with Crippen molar-refractivity contribution < 1.29 is 14.3 Å². The van der Waals surface area contributed by atoms with Gasteiger partial charge in [0.25, 0.3) is 0 Å². The van der Waals surface area contributed by atoms with Crippen LogP contribution in [-0.4, -0.2) is 32.5 Å². The molecule has 90 valence electrons. The minimum absolute atomic E-state index is 0.133. The van der Waals surface area contributed by atoms with Crippen molar-refractivity contribution in [3.05, 3.63) is 28.2 Å². The third kappa shape index (κ3) is 2.34. The van der Waals surface area contributed by atoms with Gasteiger partial charge in [-0.3, -0.25) is 0 Å². The first-order valence-corrected chi connectivity index (χ1v) is 6.03. The lowest BCUT2D eigenvalue weighted by Gasteiger charge is -2.38. The number of carbonyl (C=O) groups excluding carboxylic acids is 2. The van der Waals surface area contributed by atoms with Gasteiger partial charge in [-0.25, -0.2) is 4.79 Å². The maximum absolute atomic E-state index is 11.4. The summed E-state index contributed by atoms with van der Waals surface area (Å²) in [6, 6.07) is 5.45. The molecule has 1 aliphatic heterocycles. The highest BCUT2D eigenvalue weighted by molar-refractivity contribution is 9.10. The van der Waals surface area contributed by atoms with E-state index >= 15 is 0 Å². The number of benzene rings is 1. The number of rotatable bonds is 3. The third-order valence-electron chi connectivity index (χ3n) is 2.83. The van der Waals surface area contributed by atoms with E-state index in [2.05, 4.69) is 25.6 Å². The van der Waals surface area contributed by atoms with E-state index < -0.39 is 0 Å². The minimum Gasteiger partial charge on any atom is -0.465 e. The van der Waals surface area contributed by atoms with Crippen LogP contribution >= 0.6 is 15.9 Å². The molecule has 0 atom stereocenters. The topological polar surface area (TPSA) is 46.6 Å². The van der Waals surface area contributed by atoms with Gasteiger partial charge in [-0.15, -0.1) is 0 Å². The molecule has 0 bridgehead atoms. The van der Waals surface area contributed by atoms with Crippen molar-refractivity contribution in [3.63, 3.8) is 0 Å². The summed E-state index contributed by atoms with van der Waals surface area (Å²) in [5, 5.41) is 0. The van der Waals surface area contributed by atoms with Crippen molar-refractivity contribution in [1.29, 1.82) is 0 Å². The molecule has 0 unspecified atom stereocenters. The van der Waals surface area contributed by atoms with Gasteiger partial charge in [0.15, 0.2) is 0 Å². The van der Waals surface area contributed by atoms with E-state index in [0.29, 0.717) is 10.0 Å². The average Bonchev–Trinajstić information content (AvgIpc) is 2.27. The van der Waals surface area contributed by atoms with Crippen LogP contribution in [0, 0.1) is 5.92 Å². The molecule has 1 fully saturated rings. The first-order valence-electron chi connectivity index (χ1n) is 5.24. The highest BCUT2D eigenvalue weighted by Crippen LogP contribution is 2.28. The summed E-state index contributed by atoms with van der Waals surface area (Å²) in [4.78, 5) is 24.0. The molecule has 17 heavy (non-hydrogen) atoms. The number of esters is 1. The SMILES string of the molecule is COC(=O)c1ccc(N2CC(C=O)C2)cc1Br. The molecule has 1 aromatic rings. The fraction of sp³-hybridized carbons (Fsp3) is 0.333. The predicted molar refractivity (Wildman–Crippen MR) is 67.2 cm³/mol. The molecule has 0 aromatic heterocycles. The molecule has 0 radical (unpaired) electrons. The minimum atomic E-state index is -0.363. The number of methoxy groups -OCH3 is 1. The van der Waals surface area contributed by atoms with E-state index in [9.17, 15) is 9.59 Å². The molecule has 0 amide bonds. The van der Waals surface area contributed by atoms with E-state index in [1.54, 1.807) is 6.07 Å². The van der Waals surface area contributed by atoms with Crippen molar-refractivity contribution in [1.82, 2.24) is 0 Å². The maximum Gasteiger partial charge on any atom is 0.339 e. The molecule has 1 aliphatic rings. The second-order valence-electron chi connectivity index (χ2n) is 3.96. The molecule has 0 spiro atoms. The largest absolute Gasteiger partial charge is 0.465 e. The second kappa shape index (κ2) is 4.87. The third-order valence-corrected chi connectivity index (χ3v) is 3.48.